The molecule has 0 unspecified atom stereocenters. The summed E-state index contributed by atoms with van der Waals surface area (Å²) in [5.41, 5.74) is 1.00. The van der Waals surface area contributed by atoms with E-state index >= 15 is 0 Å². The molecule has 3 rings (SSSR count). The molecular formula is C19H23BrN4O3S. The first-order chi connectivity index (χ1) is 13.6. The molecule has 1 aliphatic rings. The van der Waals surface area contributed by atoms with Crippen LogP contribution >= 0.6 is 27.7 Å². The maximum Gasteiger partial charge on any atom is 0.325 e. The van der Waals surface area contributed by atoms with Crippen LogP contribution < -0.4 is 5.32 Å². The second-order valence-electron chi connectivity index (χ2n) is 6.62. The summed E-state index contributed by atoms with van der Waals surface area (Å²) in [7, 11) is 1.29. The molecule has 1 aromatic carbocycles. The number of nitrogens with zero attached hydrogens (tertiary/aromatic N) is 3. The summed E-state index contributed by atoms with van der Waals surface area (Å²) in [6.07, 6.45) is 5.80. The molecule has 9 heteroatoms. The van der Waals surface area contributed by atoms with Crippen LogP contribution in [0.2, 0.25) is 0 Å². The molecule has 1 heterocycles. The van der Waals surface area contributed by atoms with E-state index in [1.54, 1.807) is 0 Å². The number of halogens is 1. The number of benzene rings is 1. The predicted octanol–water partition coefficient (Wildman–Crippen LogP) is 3.59. The zero-order valence-corrected chi connectivity index (χ0v) is 18.1. The van der Waals surface area contributed by atoms with Crippen LogP contribution in [-0.2, 0) is 14.3 Å². The number of carbonyl (C=O) groups is 2. The molecule has 1 amide bonds. The van der Waals surface area contributed by atoms with Crippen LogP contribution in [0.25, 0.3) is 11.4 Å². The van der Waals surface area contributed by atoms with Gasteiger partial charge in [0.2, 0.25) is 5.91 Å². The number of thioether (sulfide) groups is 1. The number of hydrogen-bond donors (Lipinski definition) is 1. The van der Waals surface area contributed by atoms with Crippen LogP contribution in [0.4, 0.5) is 0 Å². The van der Waals surface area contributed by atoms with Crippen molar-refractivity contribution in [3.63, 3.8) is 0 Å². The van der Waals surface area contributed by atoms with E-state index in [2.05, 4.69) is 40.7 Å². The lowest BCUT2D eigenvalue weighted by molar-refractivity contribution is -0.140. The first-order valence-electron chi connectivity index (χ1n) is 9.25. The molecule has 1 N–H and O–H groups in total. The highest BCUT2D eigenvalue weighted by Crippen LogP contribution is 2.35. The molecule has 150 valence electrons. The van der Waals surface area contributed by atoms with E-state index in [1.807, 2.05) is 24.3 Å². The molecule has 0 aliphatic heterocycles. The van der Waals surface area contributed by atoms with Gasteiger partial charge in [0.1, 0.15) is 6.54 Å². The third kappa shape index (κ3) is 5.35. The first kappa shape index (κ1) is 20.9. The SMILES string of the molecule is COC(=O)CNC(=O)CSc1nnc(-c2ccc(Br)cc2)n1C1CCCCC1. The minimum Gasteiger partial charge on any atom is -0.468 e. The number of amides is 1. The van der Waals surface area contributed by atoms with Crippen LogP contribution in [0.3, 0.4) is 0 Å². The van der Waals surface area contributed by atoms with Crippen LogP contribution in [0.5, 0.6) is 0 Å². The Kier molecular flexibility index (Phi) is 7.50. The van der Waals surface area contributed by atoms with Gasteiger partial charge in [0.15, 0.2) is 11.0 Å². The number of hydrogen-bond acceptors (Lipinski definition) is 6. The van der Waals surface area contributed by atoms with Crippen molar-refractivity contribution in [3.05, 3.63) is 28.7 Å². The number of carbonyl (C=O) groups excluding carboxylic acids is 2. The molecule has 0 spiro atoms. The van der Waals surface area contributed by atoms with Gasteiger partial charge >= 0.3 is 5.97 Å². The summed E-state index contributed by atoms with van der Waals surface area (Å²) in [6, 6.07) is 8.35. The Balaban J connectivity index is 1.77. The number of methoxy groups -OCH3 is 1. The van der Waals surface area contributed by atoms with E-state index in [4.69, 9.17) is 0 Å². The maximum atomic E-state index is 12.0. The van der Waals surface area contributed by atoms with Crippen LogP contribution in [-0.4, -0.2) is 46.0 Å². The van der Waals surface area contributed by atoms with Crippen molar-refractivity contribution in [2.24, 2.45) is 0 Å². The minimum absolute atomic E-state index is 0.130. The highest BCUT2D eigenvalue weighted by atomic mass is 79.9. The van der Waals surface area contributed by atoms with Crippen molar-refractivity contribution >= 4 is 39.6 Å². The van der Waals surface area contributed by atoms with Crippen molar-refractivity contribution in [2.45, 2.75) is 43.3 Å². The van der Waals surface area contributed by atoms with Crippen molar-refractivity contribution < 1.29 is 14.3 Å². The van der Waals surface area contributed by atoms with Gasteiger partial charge in [-0.15, -0.1) is 10.2 Å². The van der Waals surface area contributed by atoms with Gasteiger partial charge in [-0.1, -0.05) is 59.1 Å². The van der Waals surface area contributed by atoms with Gasteiger partial charge in [-0.3, -0.25) is 14.2 Å². The Morgan fingerprint density at radius 3 is 2.61 bits per heavy atom. The topological polar surface area (TPSA) is 86.1 Å². The first-order valence-corrected chi connectivity index (χ1v) is 11.0. The van der Waals surface area contributed by atoms with Crippen molar-refractivity contribution in [3.8, 4) is 11.4 Å². The van der Waals surface area contributed by atoms with Gasteiger partial charge in [-0.05, 0) is 25.0 Å². The lowest BCUT2D eigenvalue weighted by atomic mass is 9.95. The summed E-state index contributed by atoms with van der Waals surface area (Å²) < 4.78 is 7.72. The lowest BCUT2D eigenvalue weighted by Gasteiger charge is -2.25. The van der Waals surface area contributed by atoms with Gasteiger partial charge in [-0.25, -0.2) is 0 Å². The van der Waals surface area contributed by atoms with Crippen LogP contribution in [0.15, 0.2) is 33.9 Å². The number of aromatic nitrogens is 3. The van der Waals surface area contributed by atoms with E-state index in [0.717, 1.165) is 33.9 Å². The Hall–Kier alpha value is -1.87. The Bertz CT molecular complexity index is 819. The monoisotopic (exact) mass is 466 g/mol. The summed E-state index contributed by atoms with van der Waals surface area (Å²) in [6.45, 7) is -0.130. The molecule has 7 nitrogen and oxygen atoms in total. The smallest absolute Gasteiger partial charge is 0.325 e. The number of rotatable bonds is 7. The Morgan fingerprint density at radius 2 is 1.93 bits per heavy atom. The number of ether oxygens (including phenoxy) is 1. The number of esters is 1. The molecular weight excluding hydrogens is 444 g/mol. The van der Waals surface area contributed by atoms with Gasteiger partial charge in [0, 0.05) is 16.1 Å². The van der Waals surface area contributed by atoms with Gasteiger partial charge in [-0.2, -0.15) is 0 Å². The molecule has 1 saturated carbocycles. The zero-order valence-electron chi connectivity index (χ0n) is 15.7. The largest absolute Gasteiger partial charge is 0.468 e. The van der Waals surface area contributed by atoms with Crippen molar-refractivity contribution in [1.29, 1.82) is 0 Å². The molecule has 0 atom stereocenters. The van der Waals surface area contributed by atoms with Crippen LogP contribution in [0, 0.1) is 0 Å². The van der Waals surface area contributed by atoms with Crippen molar-refractivity contribution in [2.75, 3.05) is 19.4 Å². The molecule has 1 aromatic heterocycles. The highest BCUT2D eigenvalue weighted by Gasteiger charge is 2.24. The normalized spacial score (nSPS) is 14.6. The lowest BCUT2D eigenvalue weighted by Crippen LogP contribution is -2.31. The maximum absolute atomic E-state index is 12.0. The fraction of sp³-hybridized carbons (Fsp3) is 0.474. The summed E-state index contributed by atoms with van der Waals surface area (Å²) in [4.78, 5) is 23.2. The quantitative estimate of drug-likeness (QED) is 0.495. The Morgan fingerprint density at radius 1 is 1.21 bits per heavy atom. The van der Waals surface area contributed by atoms with Gasteiger partial charge in [0.25, 0.3) is 0 Å². The molecule has 28 heavy (non-hydrogen) atoms. The molecule has 2 aromatic rings. The minimum atomic E-state index is -0.471. The van der Waals surface area contributed by atoms with Crippen LogP contribution in [0.1, 0.15) is 38.1 Å². The molecule has 0 radical (unpaired) electrons. The second kappa shape index (κ2) is 10.1. The third-order valence-corrected chi connectivity index (χ3v) is 6.17. The molecule has 0 saturated heterocycles. The average molecular weight is 467 g/mol. The standard InChI is InChI=1S/C19H23BrN4O3S/c1-27-17(26)11-21-16(25)12-28-19-23-22-18(13-7-9-14(20)10-8-13)24(19)15-5-3-2-4-6-15/h7-10,15H,2-6,11-12H2,1H3,(H,21,25). The van der Waals surface area contributed by atoms with E-state index in [9.17, 15) is 9.59 Å². The Labute approximate surface area is 176 Å². The number of nitrogens with one attached hydrogen (secondary N) is 1. The van der Waals surface area contributed by atoms with Gasteiger partial charge < -0.3 is 10.1 Å². The van der Waals surface area contributed by atoms with Gasteiger partial charge in [0.05, 0.1) is 12.9 Å². The molecule has 1 fully saturated rings. The second-order valence-corrected chi connectivity index (χ2v) is 8.47. The molecule has 0 bridgehead atoms. The predicted molar refractivity (Wildman–Crippen MR) is 111 cm³/mol. The summed E-state index contributed by atoms with van der Waals surface area (Å²) in [5, 5.41) is 12.1. The fourth-order valence-electron chi connectivity index (χ4n) is 3.26. The molecule has 1 aliphatic carbocycles. The third-order valence-electron chi connectivity index (χ3n) is 4.70. The fourth-order valence-corrected chi connectivity index (χ4v) is 4.36. The van der Waals surface area contributed by atoms with Crippen molar-refractivity contribution in [1.82, 2.24) is 20.1 Å². The highest BCUT2D eigenvalue weighted by molar-refractivity contribution is 9.10. The summed E-state index contributed by atoms with van der Waals surface area (Å²) >= 11 is 4.81. The van der Waals surface area contributed by atoms with E-state index < -0.39 is 5.97 Å². The zero-order chi connectivity index (χ0) is 19.9. The summed E-state index contributed by atoms with van der Waals surface area (Å²) in [5.74, 6) is 0.291. The van der Waals surface area contributed by atoms with E-state index in [0.29, 0.717) is 6.04 Å². The van der Waals surface area contributed by atoms with E-state index in [-0.39, 0.29) is 18.2 Å². The van der Waals surface area contributed by atoms with E-state index in [1.165, 1.54) is 38.1 Å². The average Bonchev–Trinajstić information content (AvgIpc) is 3.15.